The second-order valence-electron chi connectivity index (χ2n) is 5.19. The number of nitrogens with one attached hydrogen (secondary N) is 2. The number of pyridine rings is 1. The van der Waals surface area contributed by atoms with Crippen LogP contribution in [0.2, 0.25) is 0 Å². The number of amides is 2. The van der Waals surface area contributed by atoms with Crippen LogP contribution in [0.3, 0.4) is 0 Å². The summed E-state index contributed by atoms with van der Waals surface area (Å²) in [6.45, 7) is 2.73. The summed E-state index contributed by atoms with van der Waals surface area (Å²) in [7, 11) is 0. The van der Waals surface area contributed by atoms with E-state index in [1.165, 1.54) is 0 Å². The van der Waals surface area contributed by atoms with Crippen molar-refractivity contribution in [3.05, 3.63) is 59.9 Å². The number of nitrogens with zero attached hydrogens (tertiary/aromatic N) is 1. The van der Waals surface area contributed by atoms with E-state index in [9.17, 15) is 9.59 Å². The van der Waals surface area contributed by atoms with Crippen molar-refractivity contribution >= 4 is 17.5 Å². The van der Waals surface area contributed by atoms with Crippen molar-refractivity contribution < 1.29 is 9.59 Å². The molecule has 2 rings (SSSR count). The monoisotopic (exact) mass is 311 g/mol. The number of hydrogen-bond acceptors (Lipinski definition) is 3. The molecule has 0 saturated heterocycles. The molecular weight excluding hydrogens is 290 g/mol. The summed E-state index contributed by atoms with van der Waals surface area (Å²) in [6.07, 6.45) is 3.12. The number of aromatic nitrogens is 1. The summed E-state index contributed by atoms with van der Waals surface area (Å²) in [5.74, 6) is -0.590. The summed E-state index contributed by atoms with van der Waals surface area (Å²) < 4.78 is 0. The number of unbranched alkanes of at least 4 members (excludes halogenated alkanes) is 2. The Kier molecular flexibility index (Phi) is 6.29. The van der Waals surface area contributed by atoms with Crippen molar-refractivity contribution in [2.75, 3.05) is 11.9 Å². The molecule has 0 aliphatic rings. The van der Waals surface area contributed by atoms with Gasteiger partial charge < -0.3 is 10.6 Å². The van der Waals surface area contributed by atoms with Gasteiger partial charge in [-0.3, -0.25) is 9.59 Å². The van der Waals surface area contributed by atoms with Gasteiger partial charge in [-0.25, -0.2) is 4.98 Å². The van der Waals surface area contributed by atoms with Gasteiger partial charge in [-0.2, -0.15) is 0 Å². The van der Waals surface area contributed by atoms with Crippen molar-refractivity contribution in [3.8, 4) is 0 Å². The Morgan fingerprint density at radius 2 is 1.61 bits per heavy atom. The topological polar surface area (TPSA) is 71.1 Å². The molecule has 2 N–H and O–H groups in total. The van der Waals surface area contributed by atoms with Crippen molar-refractivity contribution in [1.29, 1.82) is 0 Å². The zero-order valence-electron chi connectivity index (χ0n) is 13.2. The Balaban J connectivity index is 1.98. The van der Waals surface area contributed by atoms with E-state index < -0.39 is 0 Å². The van der Waals surface area contributed by atoms with Gasteiger partial charge in [-0.15, -0.1) is 0 Å². The lowest BCUT2D eigenvalue weighted by Crippen LogP contribution is -2.26. The molecular formula is C18H21N3O2. The Labute approximate surface area is 136 Å². The molecule has 0 radical (unpaired) electrons. The minimum atomic E-state index is -0.336. The number of anilines is 1. The van der Waals surface area contributed by atoms with Crippen LogP contribution in [0.15, 0.2) is 48.5 Å². The number of rotatable bonds is 7. The predicted octanol–water partition coefficient (Wildman–Crippen LogP) is 3.25. The van der Waals surface area contributed by atoms with Crippen LogP contribution in [0, 0.1) is 0 Å². The molecule has 1 aromatic carbocycles. The molecule has 0 saturated carbocycles. The van der Waals surface area contributed by atoms with Gasteiger partial charge >= 0.3 is 0 Å². The lowest BCUT2D eigenvalue weighted by Gasteiger charge is -2.07. The first-order valence-electron chi connectivity index (χ1n) is 7.82. The van der Waals surface area contributed by atoms with E-state index in [-0.39, 0.29) is 23.2 Å². The molecule has 5 nitrogen and oxygen atoms in total. The summed E-state index contributed by atoms with van der Waals surface area (Å²) in [5.41, 5.74) is 1.16. The minimum absolute atomic E-state index is 0.218. The second kappa shape index (κ2) is 8.68. The van der Waals surface area contributed by atoms with Gasteiger partial charge in [0.15, 0.2) is 0 Å². The molecule has 1 aromatic heterocycles. The van der Waals surface area contributed by atoms with Crippen LogP contribution in [0.4, 0.5) is 5.69 Å². The largest absolute Gasteiger partial charge is 0.351 e. The first kappa shape index (κ1) is 16.7. The SMILES string of the molecule is CCCCCNC(=O)c1cccc(C(=O)Nc2ccccc2)n1. The molecule has 0 atom stereocenters. The van der Waals surface area contributed by atoms with Crippen LogP contribution < -0.4 is 10.6 Å². The number of carbonyl (C=O) groups excluding carboxylic acids is 2. The lowest BCUT2D eigenvalue weighted by atomic mass is 10.2. The van der Waals surface area contributed by atoms with E-state index in [2.05, 4.69) is 22.5 Å². The third-order valence-electron chi connectivity index (χ3n) is 3.31. The summed E-state index contributed by atoms with van der Waals surface area (Å²) in [4.78, 5) is 28.4. The van der Waals surface area contributed by atoms with Gasteiger partial charge in [-0.05, 0) is 30.7 Å². The van der Waals surface area contributed by atoms with E-state index in [1.54, 1.807) is 30.3 Å². The predicted molar refractivity (Wildman–Crippen MR) is 90.5 cm³/mol. The second-order valence-corrected chi connectivity index (χ2v) is 5.19. The van der Waals surface area contributed by atoms with Crippen LogP contribution in [0.25, 0.3) is 0 Å². The summed E-state index contributed by atoms with van der Waals surface area (Å²) >= 11 is 0. The van der Waals surface area contributed by atoms with Crippen molar-refractivity contribution in [2.45, 2.75) is 26.2 Å². The average Bonchev–Trinajstić information content (AvgIpc) is 2.59. The molecule has 0 aliphatic heterocycles. The quantitative estimate of drug-likeness (QED) is 0.771. The molecule has 1 heterocycles. The molecule has 2 amide bonds. The van der Waals surface area contributed by atoms with Gasteiger partial charge in [0.2, 0.25) is 0 Å². The average molecular weight is 311 g/mol. The van der Waals surface area contributed by atoms with Gasteiger partial charge in [0.05, 0.1) is 0 Å². The molecule has 2 aromatic rings. The molecule has 120 valence electrons. The van der Waals surface area contributed by atoms with E-state index in [0.29, 0.717) is 12.2 Å². The molecule has 0 fully saturated rings. The third-order valence-corrected chi connectivity index (χ3v) is 3.31. The molecule has 23 heavy (non-hydrogen) atoms. The standard InChI is InChI=1S/C18H21N3O2/c1-2-3-7-13-19-17(22)15-11-8-12-16(21-15)18(23)20-14-9-5-4-6-10-14/h4-6,8-12H,2-3,7,13H2,1H3,(H,19,22)(H,20,23). The fraction of sp³-hybridized carbons (Fsp3) is 0.278. The van der Waals surface area contributed by atoms with Gasteiger partial charge in [0.25, 0.3) is 11.8 Å². The maximum Gasteiger partial charge on any atom is 0.274 e. The number of benzene rings is 1. The van der Waals surface area contributed by atoms with Crippen molar-refractivity contribution in [3.63, 3.8) is 0 Å². The Morgan fingerprint density at radius 3 is 2.30 bits per heavy atom. The highest BCUT2D eigenvalue weighted by Crippen LogP contribution is 2.08. The van der Waals surface area contributed by atoms with E-state index in [0.717, 1.165) is 19.3 Å². The number of para-hydroxylation sites is 1. The first-order chi connectivity index (χ1) is 11.2. The molecule has 0 spiro atoms. The van der Waals surface area contributed by atoms with Crippen molar-refractivity contribution in [2.24, 2.45) is 0 Å². The highest BCUT2D eigenvalue weighted by atomic mass is 16.2. The maximum atomic E-state index is 12.2. The number of hydrogen-bond donors (Lipinski definition) is 2. The summed E-state index contributed by atoms with van der Waals surface area (Å²) in [5, 5.41) is 5.57. The van der Waals surface area contributed by atoms with E-state index in [1.807, 2.05) is 18.2 Å². The summed E-state index contributed by atoms with van der Waals surface area (Å²) in [6, 6.07) is 14.0. The van der Waals surface area contributed by atoms with Crippen LogP contribution in [0.5, 0.6) is 0 Å². The minimum Gasteiger partial charge on any atom is -0.351 e. The third kappa shape index (κ3) is 5.21. The van der Waals surface area contributed by atoms with E-state index in [4.69, 9.17) is 0 Å². The molecule has 5 heteroatoms. The zero-order chi connectivity index (χ0) is 16.5. The highest BCUT2D eigenvalue weighted by Gasteiger charge is 2.12. The molecule has 0 bridgehead atoms. The Hall–Kier alpha value is -2.69. The normalized spacial score (nSPS) is 10.1. The molecule has 0 unspecified atom stereocenters. The number of carbonyl (C=O) groups is 2. The van der Waals surface area contributed by atoms with Crippen LogP contribution in [0.1, 0.15) is 47.2 Å². The Morgan fingerprint density at radius 1 is 0.913 bits per heavy atom. The zero-order valence-corrected chi connectivity index (χ0v) is 13.2. The van der Waals surface area contributed by atoms with Gasteiger partial charge in [-0.1, -0.05) is 44.0 Å². The fourth-order valence-electron chi connectivity index (χ4n) is 2.07. The lowest BCUT2D eigenvalue weighted by molar-refractivity contribution is 0.0948. The first-order valence-corrected chi connectivity index (χ1v) is 7.82. The van der Waals surface area contributed by atoms with Crippen LogP contribution in [-0.4, -0.2) is 23.3 Å². The van der Waals surface area contributed by atoms with E-state index >= 15 is 0 Å². The van der Waals surface area contributed by atoms with Crippen molar-refractivity contribution in [1.82, 2.24) is 10.3 Å². The molecule has 0 aliphatic carbocycles. The van der Waals surface area contributed by atoms with Crippen LogP contribution in [-0.2, 0) is 0 Å². The van der Waals surface area contributed by atoms with Gasteiger partial charge in [0, 0.05) is 12.2 Å². The van der Waals surface area contributed by atoms with Crippen LogP contribution >= 0.6 is 0 Å². The Bertz CT molecular complexity index is 656. The smallest absolute Gasteiger partial charge is 0.274 e. The highest BCUT2D eigenvalue weighted by molar-refractivity contribution is 6.03. The van der Waals surface area contributed by atoms with Gasteiger partial charge in [0.1, 0.15) is 11.4 Å². The fourth-order valence-corrected chi connectivity index (χ4v) is 2.07. The maximum absolute atomic E-state index is 12.2.